The molecule has 9 rings (SSSR count). The van der Waals surface area contributed by atoms with Crippen LogP contribution in [-0.2, 0) is 4.74 Å². The monoisotopic (exact) mass is 667 g/mol. The van der Waals surface area contributed by atoms with Gasteiger partial charge in [0.2, 0.25) is 0 Å². The molecule has 7 aromatic heterocycles. The van der Waals surface area contributed by atoms with Crippen LogP contribution in [0.2, 0.25) is 0 Å². The van der Waals surface area contributed by atoms with E-state index in [-0.39, 0.29) is 6.10 Å². The van der Waals surface area contributed by atoms with Gasteiger partial charge in [-0.05, 0) is 73.3 Å². The molecule has 2 aliphatic heterocycles. The average molecular weight is 668 g/mol. The Morgan fingerprint density at radius 2 is 1.78 bits per heavy atom. The zero-order valence-electron chi connectivity index (χ0n) is 27.3. The first kappa shape index (κ1) is 30.0. The molecule has 0 radical (unpaired) electrons. The maximum atomic E-state index is 6.42. The average Bonchev–Trinajstić information content (AvgIpc) is 3.84. The van der Waals surface area contributed by atoms with Crippen molar-refractivity contribution < 1.29 is 4.74 Å². The van der Waals surface area contributed by atoms with Crippen LogP contribution in [0.4, 0.5) is 11.6 Å². The lowest BCUT2D eigenvalue weighted by Crippen LogP contribution is -2.39. The van der Waals surface area contributed by atoms with Crippen LogP contribution in [0.1, 0.15) is 23.7 Å². The molecule has 11 heteroatoms. The third-order valence-corrected chi connectivity index (χ3v) is 10.8. The van der Waals surface area contributed by atoms with Gasteiger partial charge >= 0.3 is 0 Å². The number of ether oxygens (including phenoxy) is 1. The van der Waals surface area contributed by atoms with Crippen LogP contribution in [-0.4, -0.2) is 75.8 Å². The van der Waals surface area contributed by atoms with E-state index in [1.807, 2.05) is 30.9 Å². The second-order valence-corrected chi connectivity index (χ2v) is 13.7. The summed E-state index contributed by atoms with van der Waals surface area (Å²) >= 11 is 1.76. The Morgan fingerprint density at radius 1 is 0.837 bits per heavy atom. The van der Waals surface area contributed by atoms with E-state index in [9.17, 15) is 0 Å². The minimum absolute atomic E-state index is 0.166. The Labute approximate surface area is 288 Å². The highest BCUT2D eigenvalue weighted by Gasteiger charge is 2.27. The second kappa shape index (κ2) is 12.7. The molecule has 0 spiro atoms. The molecule has 1 unspecified atom stereocenters. The van der Waals surface area contributed by atoms with Crippen molar-refractivity contribution >= 4 is 45.0 Å². The summed E-state index contributed by atoms with van der Waals surface area (Å²) in [7, 11) is 0. The number of morpholine rings is 1. The maximum absolute atomic E-state index is 6.42. The van der Waals surface area contributed by atoms with E-state index in [1.54, 1.807) is 11.3 Å². The number of aryl methyl sites for hydroxylation is 1. The molecule has 0 saturated carbocycles. The molecule has 2 aliphatic rings. The first-order valence-electron chi connectivity index (χ1n) is 16.9. The number of thiophene rings is 1. The van der Waals surface area contributed by atoms with E-state index in [0.29, 0.717) is 13.2 Å². The van der Waals surface area contributed by atoms with Crippen molar-refractivity contribution in [2.24, 2.45) is 0 Å². The van der Waals surface area contributed by atoms with Crippen LogP contribution in [0.5, 0.6) is 0 Å². The van der Waals surface area contributed by atoms with Gasteiger partial charge in [0.05, 0.1) is 12.3 Å². The number of aromatic nitrogens is 6. The normalized spacial score (nSPS) is 17.2. The molecule has 9 heterocycles. The van der Waals surface area contributed by atoms with Crippen molar-refractivity contribution in [1.82, 2.24) is 35.2 Å². The first-order chi connectivity index (χ1) is 24.2. The van der Waals surface area contributed by atoms with Crippen molar-refractivity contribution in [1.29, 1.82) is 0 Å². The van der Waals surface area contributed by atoms with Crippen molar-refractivity contribution in [3.05, 3.63) is 96.0 Å². The summed E-state index contributed by atoms with van der Waals surface area (Å²) in [5, 5.41) is 7.80. The molecule has 0 aromatic carbocycles. The molecule has 10 nitrogen and oxygen atoms in total. The van der Waals surface area contributed by atoms with Crippen LogP contribution in [0.25, 0.3) is 54.9 Å². The van der Waals surface area contributed by atoms with Gasteiger partial charge in [0.15, 0.2) is 0 Å². The third kappa shape index (κ3) is 5.53. The fraction of sp³-hybridized carbons (Fsp3) is 0.263. The van der Waals surface area contributed by atoms with Gasteiger partial charge in [-0.15, -0.1) is 11.3 Å². The van der Waals surface area contributed by atoms with Gasteiger partial charge < -0.3 is 29.8 Å². The minimum atomic E-state index is -0.166. The summed E-state index contributed by atoms with van der Waals surface area (Å²) in [4.78, 5) is 32.4. The third-order valence-electron chi connectivity index (χ3n) is 9.72. The zero-order valence-corrected chi connectivity index (χ0v) is 28.1. The molecule has 49 heavy (non-hydrogen) atoms. The summed E-state index contributed by atoms with van der Waals surface area (Å²) in [6.07, 6.45) is 10.7. The van der Waals surface area contributed by atoms with Gasteiger partial charge in [-0.3, -0.25) is 0 Å². The molecule has 7 aromatic rings. The molecule has 246 valence electrons. The molecule has 2 fully saturated rings. The number of pyridine rings is 4. The Balaban J connectivity index is 1.04. The predicted molar refractivity (Wildman–Crippen MR) is 197 cm³/mol. The van der Waals surface area contributed by atoms with E-state index < -0.39 is 0 Å². The quantitative estimate of drug-likeness (QED) is 0.174. The highest BCUT2D eigenvalue weighted by Crippen LogP contribution is 2.42. The van der Waals surface area contributed by atoms with Gasteiger partial charge in [0.1, 0.15) is 29.0 Å². The standard InChI is InChI=1S/C38H37N9OS/c1-24-9-18-49-35(24)27-8-12-40-37-34(27)30(22-44-37)26-5-3-11-41-38(26)47-16-17-48-32(23-47)25-19-28-29(21-43-36(28)42-20-25)31-6-2-7-33(45-31)46-14-4-10-39-13-15-46/h2-3,5-9,11-12,18-22,32,39H,4,10,13-17,23H2,1H3,(H,40,44)(H,42,43). The number of hydrogen-bond acceptors (Lipinski definition) is 9. The van der Waals surface area contributed by atoms with Gasteiger partial charge in [0, 0.05) is 107 Å². The Bertz CT molecular complexity index is 2260. The Morgan fingerprint density at radius 3 is 2.71 bits per heavy atom. The van der Waals surface area contributed by atoms with E-state index >= 15 is 0 Å². The largest absolute Gasteiger partial charge is 0.370 e. The summed E-state index contributed by atoms with van der Waals surface area (Å²) < 4.78 is 6.42. The van der Waals surface area contributed by atoms with Gasteiger partial charge in [-0.1, -0.05) is 6.07 Å². The first-order valence-corrected chi connectivity index (χ1v) is 17.8. The minimum Gasteiger partial charge on any atom is -0.370 e. The Hall–Kier alpha value is -5.10. The fourth-order valence-electron chi connectivity index (χ4n) is 7.24. The lowest BCUT2D eigenvalue weighted by molar-refractivity contribution is 0.0394. The predicted octanol–water partition coefficient (Wildman–Crippen LogP) is 6.98. The molecule has 3 N–H and O–H groups in total. The highest BCUT2D eigenvalue weighted by molar-refractivity contribution is 7.13. The highest BCUT2D eigenvalue weighted by atomic mass is 32.1. The molecule has 0 amide bonds. The van der Waals surface area contributed by atoms with E-state index in [1.165, 1.54) is 16.0 Å². The van der Waals surface area contributed by atoms with Crippen LogP contribution in [0, 0.1) is 6.92 Å². The lowest BCUT2D eigenvalue weighted by atomic mass is 10.00. The number of nitrogens with one attached hydrogen (secondary N) is 3. The number of rotatable bonds is 6. The smallest absolute Gasteiger partial charge is 0.138 e. The summed E-state index contributed by atoms with van der Waals surface area (Å²) in [5.74, 6) is 1.95. The van der Waals surface area contributed by atoms with Crippen molar-refractivity contribution in [2.45, 2.75) is 19.4 Å². The van der Waals surface area contributed by atoms with Crippen LogP contribution in [0.3, 0.4) is 0 Å². The second-order valence-electron chi connectivity index (χ2n) is 12.7. The van der Waals surface area contributed by atoms with E-state index in [2.05, 4.69) is 91.0 Å². The van der Waals surface area contributed by atoms with E-state index in [4.69, 9.17) is 19.7 Å². The topological polar surface area (TPSA) is 111 Å². The van der Waals surface area contributed by atoms with Crippen molar-refractivity contribution in [2.75, 3.05) is 55.7 Å². The van der Waals surface area contributed by atoms with Crippen LogP contribution < -0.4 is 15.1 Å². The fourth-order valence-corrected chi connectivity index (χ4v) is 8.20. The number of H-pyrrole nitrogens is 2. The van der Waals surface area contributed by atoms with Crippen molar-refractivity contribution in [3.63, 3.8) is 0 Å². The Kier molecular flexibility index (Phi) is 7.80. The van der Waals surface area contributed by atoms with Gasteiger partial charge in [0.25, 0.3) is 0 Å². The molecular formula is C38H37N9OS. The number of nitrogens with zero attached hydrogens (tertiary/aromatic N) is 6. The number of fused-ring (bicyclic) bond motifs is 2. The summed E-state index contributed by atoms with van der Waals surface area (Å²) in [6, 6.07) is 17.0. The lowest BCUT2D eigenvalue weighted by Gasteiger charge is -2.34. The molecule has 1 atom stereocenters. The molecule has 0 aliphatic carbocycles. The van der Waals surface area contributed by atoms with Crippen LogP contribution >= 0.6 is 11.3 Å². The molecule has 2 saturated heterocycles. The van der Waals surface area contributed by atoms with E-state index in [0.717, 1.165) is 101 Å². The maximum Gasteiger partial charge on any atom is 0.138 e. The number of hydrogen-bond donors (Lipinski definition) is 3. The zero-order chi connectivity index (χ0) is 32.7. The molecule has 0 bridgehead atoms. The van der Waals surface area contributed by atoms with Gasteiger partial charge in [-0.2, -0.15) is 0 Å². The summed E-state index contributed by atoms with van der Waals surface area (Å²) in [5.41, 5.74) is 9.37. The SMILES string of the molecule is Cc1ccsc1-c1ccnc2[nH]cc(-c3cccnc3N3CCOC(c4cnc5[nH]cc(-c6cccc(N7CCCNCC7)n6)c5c4)C3)c12. The molecular weight excluding hydrogens is 631 g/mol. The van der Waals surface area contributed by atoms with Gasteiger partial charge in [-0.25, -0.2) is 19.9 Å². The number of anilines is 2. The van der Waals surface area contributed by atoms with Crippen molar-refractivity contribution in [3.8, 4) is 32.8 Å². The number of aromatic amines is 2. The van der Waals surface area contributed by atoms with Crippen LogP contribution in [0.15, 0.2) is 84.9 Å². The summed E-state index contributed by atoms with van der Waals surface area (Å²) in [6.45, 7) is 8.13.